The van der Waals surface area contributed by atoms with E-state index < -0.39 is 0 Å². The van der Waals surface area contributed by atoms with Crippen molar-refractivity contribution in [3.05, 3.63) is 22.8 Å². The van der Waals surface area contributed by atoms with Crippen LogP contribution in [-0.2, 0) is 6.54 Å². The number of aromatic nitrogens is 1. The Morgan fingerprint density at radius 2 is 2.31 bits per heavy atom. The smallest absolute Gasteiger partial charge is 0.147 e. The minimum atomic E-state index is 0.475. The van der Waals surface area contributed by atoms with Crippen molar-refractivity contribution in [2.24, 2.45) is 5.73 Å². The first-order chi connectivity index (χ1) is 6.19. The summed E-state index contributed by atoms with van der Waals surface area (Å²) in [5.41, 5.74) is 6.42. The topological polar surface area (TPSA) is 42.2 Å². The van der Waals surface area contributed by atoms with Gasteiger partial charge in [0.15, 0.2) is 0 Å². The van der Waals surface area contributed by atoms with Gasteiger partial charge in [-0.25, -0.2) is 4.98 Å². The van der Waals surface area contributed by atoms with Gasteiger partial charge in [0.05, 0.1) is 5.02 Å². The van der Waals surface area contributed by atoms with Crippen molar-refractivity contribution in [1.29, 1.82) is 0 Å². The lowest BCUT2D eigenvalue weighted by molar-refractivity contribution is 0.930. The summed E-state index contributed by atoms with van der Waals surface area (Å²) in [6.45, 7) is 3.41. The van der Waals surface area contributed by atoms with E-state index in [0.717, 1.165) is 17.9 Å². The van der Waals surface area contributed by atoms with Gasteiger partial charge in [-0.2, -0.15) is 0 Å². The highest BCUT2D eigenvalue weighted by Crippen LogP contribution is 2.22. The maximum Gasteiger partial charge on any atom is 0.147 e. The van der Waals surface area contributed by atoms with Crippen molar-refractivity contribution in [3.8, 4) is 0 Å². The van der Waals surface area contributed by atoms with Gasteiger partial charge in [-0.1, -0.05) is 11.6 Å². The summed E-state index contributed by atoms with van der Waals surface area (Å²) in [6, 6.07) is 1.86. The molecule has 1 aromatic heterocycles. The molecule has 0 aromatic carbocycles. The minimum Gasteiger partial charge on any atom is -0.359 e. The van der Waals surface area contributed by atoms with Crippen LogP contribution in [0.1, 0.15) is 12.5 Å². The quantitative estimate of drug-likeness (QED) is 0.805. The van der Waals surface area contributed by atoms with Gasteiger partial charge in [-0.15, -0.1) is 0 Å². The molecule has 1 rings (SSSR count). The van der Waals surface area contributed by atoms with Gasteiger partial charge >= 0.3 is 0 Å². The number of rotatable bonds is 3. The highest BCUT2D eigenvalue weighted by atomic mass is 35.5. The van der Waals surface area contributed by atoms with E-state index in [4.69, 9.17) is 17.3 Å². The Morgan fingerprint density at radius 1 is 1.62 bits per heavy atom. The summed E-state index contributed by atoms with van der Waals surface area (Å²) in [5.74, 6) is 0.807. The number of halogens is 1. The molecule has 0 saturated heterocycles. The van der Waals surface area contributed by atoms with Crippen LogP contribution in [0.4, 0.5) is 5.82 Å². The Bertz CT molecular complexity index is 288. The Kier molecular flexibility index (Phi) is 3.51. The molecule has 13 heavy (non-hydrogen) atoms. The van der Waals surface area contributed by atoms with E-state index >= 15 is 0 Å². The van der Waals surface area contributed by atoms with Crippen LogP contribution in [0, 0.1) is 0 Å². The summed E-state index contributed by atoms with van der Waals surface area (Å²) >= 11 is 6.02. The van der Waals surface area contributed by atoms with Gasteiger partial charge < -0.3 is 10.6 Å². The molecule has 3 nitrogen and oxygen atoms in total. The third kappa shape index (κ3) is 2.32. The summed E-state index contributed by atoms with van der Waals surface area (Å²) < 4.78 is 0. The SMILES string of the molecule is CCN(C)c1ncc(CN)cc1Cl. The average molecular weight is 200 g/mol. The first-order valence-corrected chi connectivity index (χ1v) is 4.62. The zero-order valence-electron chi connectivity index (χ0n) is 7.92. The minimum absolute atomic E-state index is 0.475. The summed E-state index contributed by atoms with van der Waals surface area (Å²) in [6.07, 6.45) is 1.76. The molecule has 0 radical (unpaired) electrons. The van der Waals surface area contributed by atoms with Gasteiger partial charge in [0.25, 0.3) is 0 Å². The van der Waals surface area contributed by atoms with Crippen molar-refractivity contribution >= 4 is 17.4 Å². The van der Waals surface area contributed by atoms with E-state index in [1.807, 2.05) is 18.0 Å². The molecule has 4 heteroatoms. The van der Waals surface area contributed by atoms with Gasteiger partial charge in [-0.05, 0) is 18.6 Å². The zero-order chi connectivity index (χ0) is 9.84. The van der Waals surface area contributed by atoms with E-state index in [0.29, 0.717) is 11.6 Å². The zero-order valence-corrected chi connectivity index (χ0v) is 8.67. The van der Waals surface area contributed by atoms with E-state index in [1.54, 1.807) is 6.20 Å². The fourth-order valence-electron chi connectivity index (χ4n) is 1.01. The third-order valence-electron chi connectivity index (χ3n) is 1.95. The Balaban J connectivity index is 2.98. The number of anilines is 1. The molecular weight excluding hydrogens is 186 g/mol. The van der Waals surface area contributed by atoms with E-state index in [1.165, 1.54) is 0 Å². The Labute approximate surface area is 83.5 Å². The second-order valence-corrected chi connectivity index (χ2v) is 3.27. The monoisotopic (exact) mass is 199 g/mol. The molecule has 0 aliphatic rings. The maximum atomic E-state index is 6.02. The number of pyridine rings is 1. The van der Waals surface area contributed by atoms with Crippen molar-refractivity contribution in [3.63, 3.8) is 0 Å². The molecule has 72 valence electrons. The number of nitrogens with zero attached hydrogens (tertiary/aromatic N) is 2. The molecule has 1 aromatic rings. The Hall–Kier alpha value is -0.800. The molecular formula is C9H14ClN3. The van der Waals surface area contributed by atoms with Crippen LogP contribution in [-0.4, -0.2) is 18.6 Å². The number of hydrogen-bond donors (Lipinski definition) is 1. The van der Waals surface area contributed by atoms with Crippen molar-refractivity contribution in [1.82, 2.24) is 4.98 Å². The second-order valence-electron chi connectivity index (χ2n) is 2.87. The molecule has 0 bridgehead atoms. The normalized spacial score (nSPS) is 10.2. The molecule has 0 unspecified atom stereocenters. The van der Waals surface area contributed by atoms with Crippen LogP contribution in [0.3, 0.4) is 0 Å². The standard InChI is InChI=1S/C9H14ClN3/c1-3-13(2)9-8(10)4-7(5-11)6-12-9/h4,6H,3,5,11H2,1-2H3. The lowest BCUT2D eigenvalue weighted by atomic mass is 10.3. The lowest BCUT2D eigenvalue weighted by Crippen LogP contribution is -2.17. The Morgan fingerprint density at radius 3 is 2.77 bits per heavy atom. The van der Waals surface area contributed by atoms with Crippen LogP contribution >= 0.6 is 11.6 Å². The van der Waals surface area contributed by atoms with Crippen LogP contribution in [0.15, 0.2) is 12.3 Å². The summed E-state index contributed by atoms with van der Waals surface area (Å²) in [5, 5.41) is 0.660. The molecule has 0 fully saturated rings. The maximum absolute atomic E-state index is 6.02. The lowest BCUT2D eigenvalue weighted by Gasteiger charge is -2.16. The molecule has 0 spiro atoms. The van der Waals surface area contributed by atoms with Crippen molar-refractivity contribution < 1.29 is 0 Å². The predicted molar refractivity (Wildman–Crippen MR) is 56.1 cm³/mol. The highest BCUT2D eigenvalue weighted by molar-refractivity contribution is 6.33. The van der Waals surface area contributed by atoms with Gasteiger partial charge in [0.2, 0.25) is 0 Å². The fraction of sp³-hybridized carbons (Fsp3) is 0.444. The molecule has 0 saturated carbocycles. The highest BCUT2D eigenvalue weighted by Gasteiger charge is 2.05. The molecule has 1 heterocycles. The first-order valence-electron chi connectivity index (χ1n) is 4.24. The average Bonchev–Trinajstić information content (AvgIpc) is 2.16. The molecule has 0 aliphatic carbocycles. The van der Waals surface area contributed by atoms with E-state index in [2.05, 4.69) is 11.9 Å². The van der Waals surface area contributed by atoms with Crippen molar-refractivity contribution in [2.75, 3.05) is 18.5 Å². The molecule has 0 amide bonds. The molecule has 0 aliphatic heterocycles. The van der Waals surface area contributed by atoms with E-state index in [-0.39, 0.29) is 0 Å². The largest absolute Gasteiger partial charge is 0.359 e. The third-order valence-corrected chi connectivity index (χ3v) is 2.23. The summed E-state index contributed by atoms with van der Waals surface area (Å²) in [7, 11) is 1.95. The fourth-order valence-corrected chi connectivity index (χ4v) is 1.35. The van der Waals surface area contributed by atoms with Crippen LogP contribution in [0.25, 0.3) is 0 Å². The molecule has 0 atom stereocenters. The number of nitrogens with two attached hydrogens (primary N) is 1. The van der Waals surface area contributed by atoms with Crippen LogP contribution < -0.4 is 10.6 Å². The van der Waals surface area contributed by atoms with Crippen LogP contribution in [0.2, 0.25) is 5.02 Å². The predicted octanol–water partition coefficient (Wildman–Crippen LogP) is 1.65. The summed E-state index contributed by atoms with van der Waals surface area (Å²) in [4.78, 5) is 6.22. The first kappa shape index (κ1) is 10.3. The van der Waals surface area contributed by atoms with Crippen LogP contribution in [0.5, 0.6) is 0 Å². The van der Waals surface area contributed by atoms with Gasteiger partial charge in [0.1, 0.15) is 5.82 Å². The number of hydrogen-bond acceptors (Lipinski definition) is 3. The van der Waals surface area contributed by atoms with Gasteiger partial charge in [-0.3, -0.25) is 0 Å². The van der Waals surface area contributed by atoms with Crippen molar-refractivity contribution in [2.45, 2.75) is 13.5 Å². The van der Waals surface area contributed by atoms with Gasteiger partial charge in [0, 0.05) is 26.3 Å². The second kappa shape index (κ2) is 4.44. The van der Waals surface area contributed by atoms with E-state index in [9.17, 15) is 0 Å². The molecule has 2 N–H and O–H groups in total.